The van der Waals surface area contributed by atoms with Crippen LogP contribution in [0.3, 0.4) is 0 Å². The van der Waals surface area contributed by atoms with Gasteiger partial charge in [0.1, 0.15) is 36.3 Å². The molecule has 192 valence electrons. The number of nitrogens with zero attached hydrogens (tertiary/aromatic N) is 5. The van der Waals surface area contributed by atoms with Crippen LogP contribution in [-0.4, -0.2) is 57.3 Å². The van der Waals surface area contributed by atoms with Crippen LogP contribution in [0.1, 0.15) is 31.9 Å². The predicted octanol–water partition coefficient (Wildman–Crippen LogP) is 3.90. The van der Waals surface area contributed by atoms with Crippen LogP contribution in [0.25, 0.3) is 10.9 Å². The molecule has 2 aromatic carbocycles. The third kappa shape index (κ3) is 5.78. The Hall–Kier alpha value is -4.25. The van der Waals surface area contributed by atoms with Crippen molar-refractivity contribution in [2.45, 2.75) is 38.8 Å². The SMILES string of the molecule is COc1cc(OC2CCOC2)cc2ncnc(Nc3ccc(NC(=O)Cn4cc(C(C)C)nn4)cc3)c12. The molecule has 1 amide bonds. The molecule has 37 heavy (non-hydrogen) atoms. The van der Waals surface area contributed by atoms with E-state index in [1.54, 1.807) is 13.3 Å². The zero-order valence-electron chi connectivity index (χ0n) is 21.0. The van der Waals surface area contributed by atoms with Crippen molar-refractivity contribution in [3.05, 3.63) is 54.6 Å². The van der Waals surface area contributed by atoms with Gasteiger partial charge in [0.05, 0.1) is 36.9 Å². The number of aromatic nitrogens is 5. The zero-order valence-corrected chi connectivity index (χ0v) is 21.0. The van der Waals surface area contributed by atoms with Crippen molar-refractivity contribution in [1.82, 2.24) is 25.0 Å². The zero-order chi connectivity index (χ0) is 25.8. The molecule has 2 N–H and O–H groups in total. The quantitative estimate of drug-likeness (QED) is 0.350. The van der Waals surface area contributed by atoms with Crippen molar-refractivity contribution in [1.29, 1.82) is 0 Å². The Bertz CT molecular complexity index is 1380. The van der Waals surface area contributed by atoms with Crippen molar-refractivity contribution in [3.63, 3.8) is 0 Å². The maximum Gasteiger partial charge on any atom is 0.246 e. The molecule has 1 saturated heterocycles. The molecule has 11 nitrogen and oxygen atoms in total. The monoisotopic (exact) mass is 503 g/mol. The van der Waals surface area contributed by atoms with Gasteiger partial charge in [-0.15, -0.1) is 5.10 Å². The van der Waals surface area contributed by atoms with E-state index >= 15 is 0 Å². The van der Waals surface area contributed by atoms with Gasteiger partial charge in [-0.2, -0.15) is 0 Å². The van der Waals surface area contributed by atoms with Gasteiger partial charge in [0, 0.05) is 36.1 Å². The highest BCUT2D eigenvalue weighted by Gasteiger charge is 2.19. The second-order valence-corrected chi connectivity index (χ2v) is 9.09. The first-order valence-electron chi connectivity index (χ1n) is 12.1. The van der Waals surface area contributed by atoms with Gasteiger partial charge in [-0.25, -0.2) is 14.6 Å². The Morgan fingerprint density at radius 1 is 1.19 bits per heavy atom. The number of nitrogens with one attached hydrogen (secondary N) is 2. The molecule has 0 saturated carbocycles. The van der Waals surface area contributed by atoms with Gasteiger partial charge in [-0.1, -0.05) is 19.1 Å². The summed E-state index contributed by atoms with van der Waals surface area (Å²) in [5.41, 5.74) is 3.01. The van der Waals surface area contributed by atoms with Gasteiger partial charge in [0.25, 0.3) is 0 Å². The van der Waals surface area contributed by atoms with E-state index in [9.17, 15) is 4.79 Å². The van der Waals surface area contributed by atoms with Gasteiger partial charge in [0.15, 0.2) is 0 Å². The van der Waals surface area contributed by atoms with E-state index in [0.29, 0.717) is 41.7 Å². The molecule has 0 bridgehead atoms. The number of carbonyl (C=O) groups excluding carboxylic acids is 1. The largest absolute Gasteiger partial charge is 0.496 e. The number of carbonyl (C=O) groups is 1. The minimum atomic E-state index is -0.186. The minimum Gasteiger partial charge on any atom is -0.496 e. The summed E-state index contributed by atoms with van der Waals surface area (Å²) in [5, 5.41) is 15.0. The molecule has 0 spiro atoms. The highest BCUT2D eigenvalue weighted by Crippen LogP contribution is 2.36. The summed E-state index contributed by atoms with van der Waals surface area (Å²) in [6, 6.07) is 11.1. The number of fused-ring (bicyclic) bond motifs is 1. The van der Waals surface area contributed by atoms with Crippen LogP contribution in [0.15, 0.2) is 48.9 Å². The number of benzene rings is 2. The number of rotatable bonds is 9. The highest BCUT2D eigenvalue weighted by molar-refractivity contribution is 5.97. The van der Waals surface area contributed by atoms with Crippen LogP contribution in [-0.2, 0) is 16.1 Å². The topological polar surface area (TPSA) is 125 Å². The lowest BCUT2D eigenvalue weighted by molar-refractivity contribution is -0.116. The smallest absolute Gasteiger partial charge is 0.246 e. The molecule has 1 aliphatic rings. The number of anilines is 3. The van der Waals surface area contributed by atoms with Crippen LogP contribution in [0.4, 0.5) is 17.2 Å². The molecule has 11 heteroatoms. The molecule has 2 aromatic heterocycles. The Morgan fingerprint density at radius 2 is 2.00 bits per heavy atom. The number of hydrogen-bond acceptors (Lipinski definition) is 9. The third-order valence-corrected chi connectivity index (χ3v) is 5.97. The van der Waals surface area contributed by atoms with Crippen molar-refractivity contribution < 1.29 is 19.0 Å². The highest BCUT2D eigenvalue weighted by atomic mass is 16.5. The number of amides is 1. The van der Waals surface area contributed by atoms with Crippen LogP contribution in [0.2, 0.25) is 0 Å². The van der Waals surface area contributed by atoms with E-state index in [-0.39, 0.29) is 24.5 Å². The number of methoxy groups -OCH3 is 1. The van der Waals surface area contributed by atoms with E-state index in [2.05, 4.69) is 30.9 Å². The summed E-state index contributed by atoms with van der Waals surface area (Å²) >= 11 is 0. The van der Waals surface area contributed by atoms with Crippen molar-refractivity contribution in [2.75, 3.05) is 31.0 Å². The van der Waals surface area contributed by atoms with E-state index in [4.69, 9.17) is 14.2 Å². The van der Waals surface area contributed by atoms with E-state index < -0.39 is 0 Å². The lowest BCUT2D eigenvalue weighted by atomic mass is 10.2. The van der Waals surface area contributed by atoms with Crippen molar-refractivity contribution in [3.8, 4) is 11.5 Å². The van der Waals surface area contributed by atoms with Gasteiger partial charge in [-0.3, -0.25) is 4.79 Å². The van der Waals surface area contributed by atoms with Gasteiger partial charge >= 0.3 is 0 Å². The average Bonchev–Trinajstić information content (AvgIpc) is 3.57. The summed E-state index contributed by atoms with van der Waals surface area (Å²) < 4.78 is 18.6. The summed E-state index contributed by atoms with van der Waals surface area (Å²) in [5.74, 6) is 1.95. The first-order valence-corrected chi connectivity index (χ1v) is 12.1. The van der Waals surface area contributed by atoms with E-state index in [0.717, 1.165) is 23.2 Å². The van der Waals surface area contributed by atoms with Crippen molar-refractivity contribution >= 4 is 34.0 Å². The number of hydrogen-bond donors (Lipinski definition) is 2. The lowest BCUT2D eigenvalue weighted by Gasteiger charge is -2.16. The summed E-state index contributed by atoms with van der Waals surface area (Å²) in [4.78, 5) is 21.3. The fourth-order valence-electron chi connectivity index (χ4n) is 4.03. The molecule has 4 aromatic rings. The molecule has 1 aliphatic heterocycles. The van der Waals surface area contributed by atoms with Crippen LogP contribution >= 0.6 is 0 Å². The molecular formula is C26H29N7O4. The first-order chi connectivity index (χ1) is 18.0. The molecule has 0 aliphatic carbocycles. The second kappa shape index (κ2) is 10.8. The summed E-state index contributed by atoms with van der Waals surface area (Å²) in [7, 11) is 1.61. The minimum absolute atomic E-state index is 0.0225. The Labute approximate surface area is 214 Å². The molecule has 0 radical (unpaired) electrons. The lowest BCUT2D eigenvalue weighted by Crippen LogP contribution is -2.19. The summed E-state index contributed by atoms with van der Waals surface area (Å²) in [6.45, 7) is 5.43. The Morgan fingerprint density at radius 3 is 2.70 bits per heavy atom. The first kappa shape index (κ1) is 24.4. The maximum atomic E-state index is 12.4. The van der Waals surface area contributed by atoms with Crippen LogP contribution in [0.5, 0.6) is 11.5 Å². The van der Waals surface area contributed by atoms with E-state index in [1.165, 1.54) is 11.0 Å². The standard InChI is InChI=1S/C26H29N7O4/c1-16(2)22-12-33(32-31-22)13-24(34)29-17-4-6-18(7-5-17)30-26-25-21(27-15-28-26)10-20(11-23(25)35-3)37-19-8-9-36-14-19/h4-7,10-12,15-16,19H,8-9,13-14H2,1-3H3,(H,29,34)(H,27,28,30). The third-order valence-electron chi connectivity index (χ3n) is 5.97. The Balaban J connectivity index is 1.28. The second-order valence-electron chi connectivity index (χ2n) is 9.09. The Kier molecular flexibility index (Phi) is 7.13. The van der Waals surface area contributed by atoms with Gasteiger partial charge in [0.2, 0.25) is 5.91 Å². The normalized spacial score (nSPS) is 15.2. The molecule has 5 rings (SSSR count). The van der Waals surface area contributed by atoms with E-state index in [1.807, 2.05) is 50.2 Å². The van der Waals surface area contributed by atoms with Gasteiger partial charge in [-0.05, 0) is 30.2 Å². The molecule has 1 atom stereocenters. The number of ether oxygens (including phenoxy) is 3. The van der Waals surface area contributed by atoms with Gasteiger partial charge < -0.3 is 24.8 Å². The molecule has 1 fully saturated rings. The predicted molar refractivity (Wildman–Crippen MR) is 138 cm³/mol. The van der Waals surface area contributed by atoms with Crippen LogP contribution in [0, 0.1) is 0 Å². The fourth-order valence-corrected chi connectivity index (χ4v) is 4.03. The van der Waals surface area contributed by atoms with Crippen molar-refractivity contribution in [2.24, 2.45) is 0 Å². The molecule has 3 heterocycles. The molecular weight excluding hydrogens is 474 g/mol. The summed E-state index contributed by atoms with van der Waals surface area (Å²) in [6.07, 6.45) is 4.16. The molecule has 1 unspecified atom stereocenters. The van der Waals surface area contributed by atoms with Crippen LogP contribution < -0.4 is 20.1 Å². The maximum absolute atomic E-state index is 12.4. The fraction of sp³-hybridized carbons (Fsp3) is 0.346. The average molecular weight is 504 g/mol.